The third-order valence-electron chi connectivity index (χ3n) is 6.31. The van der Waals surface area contributed by atoms with E-state index in [1.54, 1.807) is 35.9 Å². The standard InChI is InChI=1S/C15H12Cl2N2O2.C10H13N5O3/c1-3-8-6-9(14(20)18-7(8)2)15-19-12-10(16)4-5-11(17)13(12)21-15;1-6-3-15(5-12-10(6)17)9-2-7(13-14-11)8(4-16)18-9/h4-6H,3H2,1-2H3,(H,18,20);3,5,7-9,16H,2,4H2,1H3/t;7-,8+,9+/m.0/s1. The molecule has 4 aromatic rings. The highest BCUT2D eigenvalue weighted by atomic mass is 35.5. The van der Waals surface area contributed by atoms with Crippen molar-refractivity contribution in [2.24, 2.45) is 5.11 Å². The number of rotatable bonds is 5. The van der Waals surface area contributed by atoms with Crippen molar-refractivity contribution in [2.75, 3.05) is 6.61 Å². The molecule has 1 aromatic carbocycles. The molecule has 0 aliphatic carbocycles. The Morgan fingerprint density at radius 3 is 2.67 bits per heavy atom. The summed E-state index contributed by atoms with van der Waals surface area (Å²) in [5, 5.41) is 13.6. The Morgan fingerprint density at radius 2 is 2.03 bits per heavy atom. The van der Waals surface area contributed by atoms with Crippen LogP contribution < -0.4 is 11.1 Å². The first-order valence-electron chi connectivity index (χ1n) is 12.0. The van der Waals surface area contributed by atoms with Crippen LogP contribution in [0.2, 0.25) is 10.0 Å². The molecule has 0 bridgehead atoms. The molecular formula is C25H25Cl2N7O5. The number of nitrogens with one attached hydrogen (secondary N) is 1. The number of aromatic amines is 1. The summed E-state index contributed by atoms with van der Waals surface area (Å²) >= 11 is 12.2. The van der Waals surface area contributed by atoms with Crippen LogP contribution in [0.3, 0.4) is 0 Å². The zero-order valence-corrected chi connectivity index (χ0v) is 22.8. The molecule has 1 fully saturated rings. The summed E-state index contributed by atoms with van der Waals surface area (Å²) in [7, 11) is 0. The number of oxazole rings is 1. The molecule has 12 nitrogen and oxygen atoms in total. The van der Waals surface area contributed by atoms with Crippen molar-refractivity contribution in [3.8, 4) is 11.5 Å². The van der Waals surface area contributed by atoms with E-state index in [9.17, 15) is 9.59 Å². The first-order valence-corrected chi connectivity index (χ1v) is 12.7. The number of nitrogens with zero attached hydrogens (tertiary/aromatic N) is 6. The average Bonchev–Trinajstić information content (AvgIpc) is 3.54. The van der Waals surface area contributed by atoms with Crippen LogP contribution >= 0.6 is 23.2 Å². The van der Waals surface area contributed by atoms with E-state index in [0.717, 1.165) is 17.7 Å². The van der Waals surface area contributed by atoms with Gasteiger partial charge in [-0.3, -0.25) is 9.59 Å². The molecule has 0 spiro atoms. The minimum absolute atomic E-state index is 0.215. The predicted octanol–water partition coefficient (Wildman–Crippen LogP) is 4.87. The first-order chi connectivity index (χ1) is 18.7. The highest BCUT2D eigenvalue weighted by Gasteiger charge is 2.35. The molecule has 5 rings (SSSR count). The van der Waals surface area contributed by atoms with Crippen LogP contribution in [0.4, 0.5) is 0 Å². The molecule has 1 saturated heterocycles. The van der Waals surface area contributed by atoms with Crippen LogP contribution in [-0.4, -0.2) is 43.4 Å². The van der Waals surface area contributed by atoms with Crippen LogP contribution in [0, 0.1) is 13.8 Å². The first kappa shape index (κ1) is 28.3. The molecule has 14 heteroatoms. The Kier molecular flexibility index (Phi) is 8.73. The van der Waals surface area contributed by atoms with Gasteiger partial charge >= 0.3 is 0 Å². The summed E-state index contributed by atoms with van der Waals surface area (Å²) in [6, 6.07) is 4.67. The molecule has 0 unspecified atom stereocenters. The van der Waals surface area contributed by atoms with Gasteiger partial charge in [0, 0.05) is 28.8 Å². The summed E-state index contributed by atoms with van der Waals surface area (Å²) in [6.07, 6.45) is 3.35. The van der Waals surface area contributed by atoms with Crippen molar-refractivity contribution in [1.29, 1.82) is 0 Å². The number of azide groups is 1. The monoisotopic (exact) mass is 573 g/mol. The summed E-state index contributed by atoms with van der Waals surface area (Å²) in [5.74, 6) is 0.218. The van der Waals surface area contributed by atoms with E-state index in [-0.39, 0.29) is 29.8 Å². The van der Waals surface area contributed by atoms with Gasteiger partial charge in [-0.05, 0) is 49.6 Å². The van der Waals surface area contributed by atoms with Crippen LogP contribution in [0.25, 0.3) is 33.0 Å². The Morgan fingerprint density at radius 1 is 1.28 bits per heavy atom. The van der Waals surface area contributed by atoms with Gasteiger partial charge in [-0.15, -0.1) is 0 Å². The highest BCUT2D eigenvalue weighted by Crippen LogP contribution is 2.33. The fraction of sp³-hybridized carbons (Fsp3) is 0.360. The quantitative estimate of drug-likeness (QED) is 0.194. The number of aliphatic hydroxyl groups is 1. The lowest BCUT2D eigenvalue weighted by Gasteiger charge is -2.15. The maximum Gasteiger partial charge on any atom is 0.275 e. The van der Waals surface area contributed by atoms with Gasteiger partial charge in [-0.25, -0.2) is 4.98 Å². The largest absolute Gasteiger partial charge is 0.434 e. The molecule has 1 aliphatic rings. The molecule has 0 radical (unpaired) electrons. The number of hydrogen-bond acceptors (Lipinski definition) is 8. The van der Waals surface area contributed by atoms with Gasteiger partial charge in [0.25, 0.3) is 11.1 Å². The number of pyridine rings is 1. The second kappa shape index (κ2) is 12.0. The fourth-order valence-electron chi connectivity index (χ4n) is 4.19. The summed E-state index contributed by atoms with van der Waals surface area (Å²) in [6.45, 7) is 5.33. The summed E-state index contributed by atoms with van der Waals surface area (Å²) in [4.78, 5) is 36.9. The Balaban J connectivity index is 0.000000183. The van der Waals surface area contributed by atoms with Crippen LogP contribution in [-0.2, 0) is 11.2 Å². The second-order valence-electron chi connectivity index (χ2n) is 8.87. The van der Waals surface area contributed by atoms with Gasteiger partial charge in [0.15, 0.2) is 5.58 Å². The van der Waals surface area contributed by atoms with Crippen LogP contribution in [0.15, 0.2) is 49.8 Å². The number of fused-ring (bicyclic) bond motifs is 1. The molecule has 0 saturated carbocycles. The van der Waals surface area contributed by atoms with Gasteiger partial charge < -0.3 is 23.8 Å². The lowest BCUT2D eigenvalue weighted by Crippen LogP contribution is -2.23. The summed E-state index contributed by atoms with van der Waals surface area (Å²) < 4.78 is 12.8. The molecule has 204 valence electrons. The van der Waals surface area contributed by atoms with E-state index in [1.807, 2.05) is 13.8 Å². The van der Waals surface area contributed by atoms with Crippen molar-refractivity contribution < 1.29 is 14.3 Å². The van der Waals surface area contributed by atoms with E-state index in [4.69, 9.17) is 43.0 Å². The number of aromatic nitrogens is 4. The fourth-order valence-corrected chi connectivity index (χ4v) is 4.58. The van der Waals surface area contributed by atoms with Crippen molar-refractivity contribution in [2.45, 2.75) is 52.0 Å². The maximum atomic E-state index is 12.1. The minimum Gasteiger partial charge on any atom is -0.434 e. The topological polar surface area (TPSA) is 172 Å². The zero-order valence-electron chi connectivity index (χ0n) is 21.3. The van der Waals surface area contributed by atoms with Gasteiger partial charge in [0.05, 0.1) is 28.8 Å². The lowest BCUT2D eigenvalue weighted by atomic mass is 10.1. The van der Waals surface area contributed by atoms with Gasteiger partial charge in [0.2, 0.25) is 5.89 Å². The van der Waals surface area contributed by atoms with E-state index in [2.05, 4.69) is 25.0 Å². The van der Waals surface area contributed by atoms with E-state index >= 15 is 0 Å². The molecule has 4 heterocycles. The van der Waals surface area contributed by atoms with Gasteiger partial charge in [0.1, 0.15) is 23.6 Å². The van der Waals surface area contributed by atoms with Crippen molar-refractivity contribution in [1.82, 2.24) is 19.5 Å². The second-order valence-corrected chi connectivity index (χ2v) is 9.69. The molecular weight excluding hydrogens is 549 g/mol. The van der Waals surface area contributed by atoms with Gasteiger partial charge in [-0.2, -0.15) is 4.98 Å². The molecule has 1 aliphatic heterocycles. The maximum absolute atomic E-state index is 12.1. The number of aryl methyl sites for hydroxylation is 3. The lowest BCUT2D eigenvalue weighted by molar-refractivity contribution is -0.0256. The third kappa shape index (κ3) is 6.00. The van der Waals surface area contributed by atoms with Gasteiger partial charge in [-0.1, -0.05) is 35.2 Å². The third-order valence-corrected chi connectivity index (χ3v) is 6.91. The van der Waals surface area contributed by atoms with Crippen LogP contribution in [0.5, 0.6) is 0 Å². The Labute approximate surface area is 231 Å². The number of H-pyrrole nitrogens is 1. The molecule has 39 heavy (non-hydrogen) atoms. The number of halogens is 2. The SMILES string of the molecule is CCc1cc(-c2nc3c(Cl)ccc(Cl)c3o2)c(=O)[nH]c1C.Cc1cn([C@H]2C[C@H](N=[N+]=[N-])[C@@H](CO)O2)cnc1=O. The van der Waals surface area contributed by atoms with Crippen molar-refractivity contribution in [3.05, 3.63) is 88.7 Å². The number of aliphatic hydroxyl groups excluding tert-OH is 1. The number of ether oxygens (including phenoxy) is 1. The molecule has 3 atom stereocenters. The zero-order chi connectivity index (χ0) is 28.3. The minimum atomic E-state index is -0.523. The van der Waals surface area contributed by atoms with E-state index in [1.165, 1.54) is 6.33 Å². The van der Waals surface area contributed by atoms with Crippen molar-refractivity contribution in [3.63, 3.8) is 0 Å². The average molecular weight is 574 g/mol. The Bertz CT molecular complexity index is 1640. The van der Waals surface area contributed by atoms with Crippen molar-refractivity contribution >= 4 is 34.3 Å². The molecule has 0 amide bonds. The van der Waals surface area contributed by atoms with E-state index in [0.29, 0.717) is 38.7 Å². The number of hydrogen-bond donors (Lipinski definition) is 2. The molecule has 3 aromatic heterocycles. The summed E-state index contributed by atoms with van der Waals surface area (Å²) in [5.41, 5.74) is 11.5. The van der Waals surface area contributed by atoms with E-state index < -0.39 is 12.1 Å². The highest BCUT2D eigenvalue weighted by molar-refractivity contribution is 6.39. The Hall–Kier alpha value is -3.67. The van der Waals surface area contributed by atoms with Crippen LogP contribution in [0.1, 0.15) is 36.4 Å². The smallest absolute Gasteiger partial charge is 0.275 e. The molecule has 2 N–H and O–H groups in total. The predicted molar refractivity (Wildman–Crippen MR) is 146 cm³/mol. The normalized spacial score (nSPS) is 18.5. The number of benzene rings is 1.